The average Bonchev–Trinajstić information content (AvgIpc) is 2.47. The van der Waals surface area contributed by atoms with Crippen LogP contribution in [0.25, 0.3) is 0 Å². The summed E-state index contributed by atoms with van der Waals surface area (Å²) < 4.78 is 32.5. The van der Waals surface area contributed by atoms with Crippen molar-refractivity contribution in [2.45, 2.75) is 13.0 Å². The van der Waals surface area contributed by atoms with Gasteiger partial charge in [0.15, 0.2) is 11.5 Å². The zero-order valence-corrected chi connectivity index (χ0v) is 10.6. The summed E-state index contributed by atoms with van der Waals surface area (Å²) in [6, 6.07) is 14.9. The van der Waals surface area contributed by atoms with Crippen LogP contribution >= 0.6 is 0 Å². The van der Waals surface area contributed by atoms with E-state index in [1.807, 2.05) is 30.3 Å². The lowest BCUT2D eigenvalue weighted by molar-refractivity contribution is 0.284. The van der Waals surface area contributed by atoms with Crippen LogP contribution in [-0.4, -0.2) is 7.04 Å². The average molecular weight is 257 g/mol. The van der Waals surface area contributed by atoms with E-state index in [1.165, 1.54) is 0 Å². The highest BCUT2D eigenvalue weighted by atomic mass is 16.5. The minimum absolute atomic E-state index is 0.212. The van der Waals surface area contributed by atoms with Crippen LogP contribution < -0.4 is 9.47 Å². The molecule has 0 aliphatic rings. The first-order valence-corrected chi connectivity index (χ1v) is 6.07. The lowest BCUT2D eigenvalue weighted by Gasteiger charge is -2.12. The molecule has 0 unspecified atom stereocenters. The Morgan fingerprint density at radius 3 is 2.68 bits per heavy atom. The number of methoxy groups -OCH3 is 1. The van der Waals surface area contributed by atoms with E-state index in [4.69, 9.17) is 13.6 Å². The fourth-order valence-electron chi connectivity index (χ4n) is 1.78. The van der Waals surface area contributed by atoms with Crippen LogP contribution in [0.4, 0.5) is 0 Å². The molecule has 0 atom stereocenters. The number of ether oxygens (including phenoxy) is 2. The Morgan fingerprint density at radius 1 is 1.11 bits per heavy atom. The molecule has 2 heteroatoms. The molecule has 2 rings (SSSR count). The molecule has 98 valence electrons. The zero-order chi connectivity index (χ0) is 16.0. The predicted molar refractivity (Wildman–Crippen MR) is 77.7 cm³/mol. The zero-order valence-electron chi connectivity index (χ0n) is 13.6. The van der Waals surface area contributed by atoms with Crippen LogP contribution in [0.2, 0.25) is 0 Å². The number of benzene rings is 2. The SMILES string of the molecule is [2H]C([2H])([2H])Oc1ccc(CC=C)cc1OCc1ccccc1. The van der Waals surface area contributed by atoms with Crippen molar-refractivity contribution >= 4 is 0 Å². The van der Waals surface area contributed by atoms with E-state index >= 15 is 0 Å². The maximum Gasteiger partial charge on any atom is 0.161 e. The molecule has 0 saturated carbocycles. The van der Waals surface area contributed by atoms with Crippen LogP contribution in [0.15, 0.2) is 61.2 Å². The predicted octanol–water partition coefficient (Wildman–Crippen LogP) is 4.00. The first kappa shape index (κ1) is 9.68. The first-order chi connectivity index (χ1) is 10.5. The van der Waals surface area contributed by atoms with Crippen LogP contribution in [0.1, 0.15) is 15.2 Å². The van der Waals surface area contributed by atoms with Crippen molar-refractivity contribution in [1.29, 1.82) is 0 Å². The highest BCUT2D eigenvalue weighted by Crippen LogP contribution is 2.29. The molecule has 0 aliphatic heterocycles. The maximum atomic E-state index is 7.24. The van der Waals surface area contributed by atoms with Gasteiger partial charge in [-0.1, -0.05) is 42.5 Å². The molecular formula is C17H18O2. The fourth-order valence-corrected chi connectivity index (χ4v) is 1.78. The molecule has 2 aromatic rings. The molecule has 0 radical (unpaired) electrons. The molecule has 0 heterocycles. The second-order valence-corrected chi connectivity index (χ2v) is 4.15. The second kappa shape index (κ2) is 6.64. The van der Waals surface area contributed by atoms with E-state index in [2.05, 4.69) is 6.58 Å². The first-order valence-electron chi connectivity index (χ1n) is 7.57. The van der Waals surface area contributed by atoms with Gasteiger partial charge < -0.3 is 9.47 Å². The molecule has 2 aromatic carbocycles. The van der Waals surface area contributed by atoms with Gasteiger partial charge in [0.25, 0.3) is 0 Å². The van der Waals surface area contributed by atoms with Crippen LogP contribution in [0, 0.1) is 0 Å². The molecule has 0 spiro atoms. The molecule has 0 saturated heterocycles. The standard InChI is InChI=1S/C17H18O2/c1-3-7-14-10-11-16(18-2)17(12-14)19-13-15-8-5-4-6-9-15/h3-6,8-12H,1,7,13H2,2H3/i2D3. The van der Waals surface area contributed by atoms with E-state index in [9.17, 15) is 0 Å². The van der Waals surface area contributed by atoms with Gasteiger partial charge in [0.2, 0.25) is 0 Å². The Balaban J connectivity index is 2.20. The van der Waals surface area contributed by atoms with Crippen LogP contribution in [0.3, 0.4) is 0 Å². The van der Waals surface area contributed by atoms with Gasteiger partial charge in [-0.05, 0) is 29.7 Å². The van der Waals surface area contributed by atoms with Gasteiger partial charge in [-0.15, -0.1) is 6.58 Å². The largest absolute Gasteiger partial charge is 0.493 e. The molecule has 0 amide bonds. The molecule has 2 nitrogen and oxygen atoms in total. The normalized spacial score (nSPS) is 12.9. The summed E-state index contributed by atoms with van der Waals surface area (Å²) in [4.78, 5) is 0. The van der Waals surface area contributed by atoms with Crippen LogP contribution in [-0.2, 0) is 13.0 Å². The maximum absolute atomic E-state index is 7.24. The van der Waals surface area contributed by atoms with Gasteiger partial charge in [-0.25, -0.2) is 0 Å². The summed E-state index contributed by atoms with van der Waals surface area (Å²) in [6.07, 6.45) is 2.45. The van der Waals surface area contributed by atoms with Gasteiger partial charge in [-0.3, -0.25) is 0 Å². The Labute approximate surface area is 118 Å². The van der Waals surface area contributed by atoms with Gasteiger partial charge in [0.05, 0.1) is 11.2 Å². The van der Waals surface area contributed by atoms with Gasteiger partial charge >= 0.3 is 0 Å². The van der Waals surface area contributed by atoms with Crippen molar-refractivity contribution in [3.05, 3.63) is 72.3 Å². The van der Waals surface area contributed by atoms with E-state index < -0.39 is 7.04 Å². The van der Waals surface area contributed by atoms with Crippen molar-refractivity contribution in [3.8, 4) is 11.5 Å². The van der Waals surface area contributed by atoms with Crippen molar-refractivity contribution in [1.82, 2.24) is 0 Å². The lowest BCUT2D eigenvalue weighted by atomic mass is 10.1. The second-order valence-electron chi connectivity index (χ2n) is 4.15. The molecule has 0 fully saturated rings. The molecule has 0 aliphatic carbocycles. The van der Waals surface area contributed by atoms with Crippen molar-refractivity contribution in [2.75, 3.05) is 7.04 Å². The van der Waals surface area contributed by atoms with Gasteiger partial charge in [-0.2, -0.15) is 0 Å². The van der Waals surface area contributed by atoms with E-state index in [0.717, 1.165) is 11.1 Å². The highest BCUT2D eigenvalue weighted by Gasteiger charge is 2.05. The number of rotatable bonds is 6. The minimum Gasteiger partial charge on any atom is -0.493 e. The Kier molecular flexibility index (Phi) is 3.38. The third kappa shape index (κ3) is 3.62. The van der Waals surface area contributed by atoms with Crippen molar-refractivity contribution < 1.29 is 13.6 Å². The Hall–Kier alpha value is -2.22. The topological polar surface area (TPSA) is 18.5 Å². The van der Waals surface area contributed by atoms with E-state index in [1.54, 1.807) is 24.3 Å². The van der Waals surface area contributed by atoms with Gasteiger partial charge in [0.1, 0.15) is 6.61 Å². The summed E-state index contributed by atoms with van der Waals surface area (Å²) >= 11 is 0. The third-order valence-corrected chi connectivity index (χ3v) is 2.74. The van der Waals surface area contributed by atoms with Gasteiger partial charge in [0, 0.05) is 0 Å². The number of hydrogen-bond donors (Lipinski definition) is 0. The smallest absolute Gasteiger partial charge is 0.161 e. The summed E-state index contributed by atoms with van der Waals surface area (Å²) in [5.41, 5.74) is 1.98. The van der Waals surface area contributed by atoms with Crippen molar-refractivity contribution in [3.63, 3.8) is 0 Å². The third-order valence-electron chi connectivity index (χ3n) is 2.74. The molecule has 19 heavy (non-hydrogen) atoms. The lowest BCUT2D eigenvalue weighted by Crippen LogP contribution is -1.98. The van der Waals surface area contributed by atoms with E-state index in [-0.39, 0.29) is 5.75 Å². The summed E-state index contributed by atoms with van der Waals surface area (Å²) in [7, 11) is -2.51. The quantitative estimate of drug-likeness (QED) is 0.728. The molecule has 0 N–H and O–H groups in total. The van der Waals surface area contributed by atoms with E-state index in [0.29, 0.717) is 18.8 Å². The van der Waals surface area contributed by atoms with Crippen LogP contribution in [0.5, 0.6) is 11.5 Å². The Morgan fingerprint density at radius 2 is 1.95 bits per heavy atom. The van der Waals surface area contributed by atoms with Crippen molar-refractivity contribution in [2.24, 2.45) is 0 Å². The minimum atomic E-state index is -2.51. The Bertz CT molecular complexity index is 622. The summed E-state index contributed by atoms with van der Waals surface area (Å²) in [5, 5.41) is 0. The fraction of sp³-hybridized carbons (Fsp3) is 0.176. The molecule has 0 aromatic heterocycles. The monoisotopic (exact) mass is 257 g/mol. The highest BCUT2D eigenvalue weighted by molar-refractivity contribution is 5.43. The molecular weight excluding hydrogens is 236 g/mol. The summed E-state index contributed by atoms with van der Waals surface area (Å²) in [5.74, 6) is 0.628. The number of hydrogen-bond acceptors (Lipinski definition) is 2. The summed E-state index contributed by atoms with van der Waals surface area (Å²) in [6.45, 7) is 4.04. The molecule has 0 bridgehead atoms. The number of allylic oxidation sites excluding steroid dienone is 1.